The van der Waals surface area contributed by atoms with Crippen molar-refractivity contribution in [2.45, 2.75) is 33.4 Å². The van der Waals surface area contributed by atoms with Gasteiger partial charge in [0, 0.05) is 28.4 Å². The van der Waals surface area contributed by atoms with Crippen LogP contribution >= 0.6 is 11.3 Å². The number of carbonyl (C=O) groups excluding carboxylic acids is 2. The molecule has 0 bridgehead atoms. The van der Waals surface area contributed by atoms with Gasteiger partial charge in [0.25, 0.3) is 5.91 Å². The molecular formula is C26H23N3O3S. The first-order valence-electron chi connectivity index (χ1n) is 10.7. The van der Waals surface area contributed by atoms with Gasteiger partial charge in [0.05, 0.1) is 11.7 Å². The molecule has 2 aromatic heterocycles. The molecule has 2 aromatic carbocycles. The van der Waals surface area contributed by atoms with Crippen molar-refractivity contribution in [3.63, 3.8) is 0 Å². The number of fused-ring (bicyclic) bond motifs is 3. The molecule has 0 saturated heterocycles. The van der Waals surface area contributed by atoms with Gasteiger partial charge in [0.15, 0.2) is 0 Å². The Morgan fingerprint density at radius 2 is 1.91 bits per heavy atom. The van der Waals surface area contributed by atoms with Gasteiger partial charge < -0.3 is 14.6 Å². The predicted octanol–water partition coefficient (Wildman–Crippen LogP) is 5.99. The second-order valence-corrected chi connectivity index (χ2v) is 8.70. The maximum Gasteiger partial charge on any atom is 0.341 e. The minimum absolute atomic E-state index is 0.0508. The summed E-state index contributed by atoms with van der Waals surface area (Å²) in [4.78, 5) is 25.1. The van der Waals surface area contributed by atoms with Crippen molar-refractivity contribution in [2.24, 2.45) is 0 Å². The fraction of sp³-hybridized carbons (Fsp3) is 0.192. The molecule has 0 saturated carbocycles. The summed E-state index contributed by atoms with van der Waals surface area (Å²) in [5.74, 6) is -1.09. The van der Waals surface area contributed by atoms with Crippen LogP contribution in [0.25, 0.3) is 27.9 Å². The lowest BCUT2D eigenvalue weighted by Crippen LogP contribution is -2.17. The van der Waals surface area contributed by atoms with Gasteiger partial charge in [0.1, 0.15) is 16.6 Å². The Bertz CT molecular complexity index is 1440. The van der Waals surface area contributed by atoms with Crippen LogP contribution < -0.4 is 5.32 Å². The van der Waals surface area contributed by atoms with Crippen LogP contribution in [0.2, 0.25) is 0 Å². The number of amides is 1. The van der Waals surface area contributed by atoms with Crippen LogP contribution in [-0.4, -0.2) is 22.5 Å². The summed E-state index contributed by atoms with van der Waals surface area (Å²) in [5.41, 5.74) is 3.22. The Hall–Kier alpha value is -3.89. The SMILES string of the molecule is CCn1c2ccccc2c2cc(C=C(C#N)C(=O)Nc3sccc3C(=O)OC(C)C)ccc21. The second kappa shape index (κ2) is 9.31. The molecule has 2 heterocycles. The molecule has 1 amide bonds. The molecule has 0 aliphatic rings. The minimum atomic E-state index is -0.574. The van der Waals surface area contributed by atoms with Crippen molar-refractivity contribution >= 4 is 56.1 Å². The van der Waals surface area contributed by atoms with Crippen molar-refractivity contribution < 1.29 is 14.3 Å². The molecule has 0 atom stereocenters. The standard InChI is InChI=1S/C26H23N3O3S/c1-4-29-22-8-6-5-7-19(22)21-14-17(9-10-23(21)29)13-18(15-27)24(30)28-25-20(11-12-33-25)26(31)32-16(2)3/h5-14,16H,4H2,1-3H3,(H,28,30). The van der Waals surface area contributed by atoms with Crippen LogP contribution in [0, 0.1) is 11.3 Å². The van der Waals surface area contributed by atoms with Gasteiger partial charge in [-0.3, -0.25) is 4.79 Å². The summed E-state index contributed by atoms with van der Waals surface area (Å²) in [6.45, 7) is 6.46. The van der Waals surface area contributed by atoms with Crippen molar-refractivity contribution in [1.82, 2.24) is 4.57 Å². The van der Waals surface area contributed by atoms with E-state index in [1.807, 2.05) is 36.4 Å². The van der Waals surface area contributed by atoms with Crippen LogP contribution in [0.5, 0.6) is 0 Å². The van der Waals surface area contributed by atoms with E-state index in [1.54, 1.807) is 31.4 Å². The van der Waals surface area contributed by atoms with Crippen molar-refractivity contribution in [2.75, 3.05) is 5.32 Å². The number of hydrogen-bond donors (Lipinski definition) is 1. The lowest BCUT2D eigenvalue weighted by molar-refractivity contribution is -0.112. The second-order valence-electron chi connectivity index (χ2n) is 7.78. The first-order valence-corrected chi connectivity index (χ1v) is 11.5. The summed E-state index contributed by atoms with van der Waals surface area (Å²) in [5, 5.41) is 16.6. The molecule has 0 aliphatic carbocycles. The van der Waals surface area contributed by atoms with Gasteiger partial charge in [-0.1, -0.05) is 24.3 Å². The van der Waals surface area contributed by atoms with E-state index in [0.29, 0.717) is 5.00 Å². The lowest BCUT2D eigenvalue weighted by atomic mass is 10.1. The number of anilines is 1. The number of hydrogen-bond acceptors (Lipinski definition) is 5. The van der Waals surface area contributed by atoms with E-state index in [9.17, 15) is 14.9 Å². The quantitative estimate of drug-likeness (QED) is 0.219. The molecule has 0 fully saturated rings. The summed E-state index contributed by atoms with van der Waals surface area (Å²) >= 11 is 1.20. The predicted molar refractivity (Wildman–Crippen MR) is 132 cm³/mol. The monoisotopic (exact) mass is 457 g/mol. The first kappa shape index (κ1) is 22.3. The zero-order chi connectivity index (χ0) is 23.5. The van der Waals surface area contributed by atoms with E-state index in [2.05, 4.69) is 28.9 Å². The molecular weight excluding hydrogens is 434 g/mol. The number of thiophene rings is 1. The molecule has 1 N–H and O–H groups in total. The van der Waals surface area contributed by atoms with Gasteiger partial charge in [-0.15, -0.1) is 11.3 Å². The fourth-order valence-electron chi connectivity index (χ4n) is 3.83. The molecule has 6 nitrogen and oxygen atoms in total. The Labute approximate surface area is 195 Å². The minimum Gasteiger partial charge on any atom is -0.459 e. The molecule has 166 valence electrons. The lowest BCUT2D eigenvalue weighted by Gasteiger charge is -2.09. The average molecular weight is 458 g/mol. The largest absolute Gasteiger partial charge is 0.459 e. The van der Waals surface area contributed by atoms with Gasteiger partial charge in [-0.2, -0.15) is 5.26 Å². The van der Waals surface area contributed by atoms with Crippen LogP contribution in [0.3, 0.4) is 0 Å². The van der Waals surface area contributed by atoms with E-state index in [-0.39, 0.29) is 17.2 Å². The van der Waals surface area contributed by atoms with E-state index in [1.165, 1.54) is 11.3 Å². The van der Waals surface area contributed by atoms with E-state index in [0.717, 1.165) is 33.9 Å². The Morgan fingerprint density at radius 1 is 1.15 bits per heavy atom. The number of carbonyl (C=O) groups is 2. The summed E-state index contributed by atoms with van der Waals surface area (Å²) < 4.78 is 7.46. The summed E-state index contributed by atoms with van der Waals surface area (Å²) in [7, 11) is 0. The number of nitrogens with zero attached hydrogens (tertiary/aromatic N) is 2. The van der Waals surface area contributed by atoms with Gasteiger partial charge in [-0.25, -0.2) is 4.79 Å². The highest BCUT2D eigenvalue weighted by Crippen LogP contribution is 2.30. The van der Waals surface area contributed by atoms with Crippen LogP contribution in [0.1, 0.15) is 36.7 Å². The molecule has 7 heteroatoms. The molecule has 0 unspecified atom stereocenters. The number of esters is 1. The number of ether oxygens (including phenoxy) is 1. The Balaban J connectivity index is 1.65. The smallest absolute Gasteiger partial charge is 0.341 e. The summed E-state index contributed by atoms with van der Waals surface area (Å²) in [6.07, 6.45) is 1.29. The molecule has 4 aromatic rings. The summed E-state index contributed by atoms with van der Waals surface area (Å²) in [6, 6.07) is 17.7. The third-order valence-electron chi connectivity index (χ3n) is 5.24. The van der Waals surface area contributed by atoms with Crippen LogP contribution in [-0.2, 0) is 16.1 Å². The Kier molecular flexibility index (Phi) is 6.29. The topological polar surface area (TPSA) is 84.1 Å². The molecule has 0 radical (unpaired) electrons. The van der Waals surface area contributed by atoms with Crippen LogP contribution in [0.15, 0.2) is 59.5 Å². The van der Waals surface area contributed by atoms with Crippen LogP contribution in [0.4, 0.5) is 5.00 Å². The number of rotatable bonds is 6. The number of nitrogens with one attached hydrogen (secondary N) is 1. The van der Waals surface area contributed by atoms with Crippen molar-refractivity contribution in [3.8, 4) is 6.07 Å². The maximum atomic E-state index is 12.8. The van der Waals surface area contributed by atoms with Gasteiger partial charge in [-0.05, 0) is 62.1 Å². The highest BCUT2D eigenvalue weighted by Gasteiger charge is 2.19. The number of nitriles is 1. The molecule has 33 heavy (non-hydrogen) atoms. The zero-order valence-corrected chi connectivity index (χ0v) is 19.4. The van der Waals surface area contributed by atoms with E-state index in [4.69, 9.17) is 4.74 Å². The Morgan fingerprint density at radius 3 is 2.64 bits per heavy atom. The highest BCUT2D eigenvalue weighted by molar-refractivity contribution is 7.14. The van der Waals surface area contributed by atoms with E-state index >= 15 is 0 Å². The first-order chi connectivity index (χ1) is 15.9. The van der Waals surface area contributed by atoms with Crippen molar-refractivity contribution in [1.29, 1.82) is 5.26 Å². The molecule has 0 spiro atoms. The van der Waals surface area contributed by atoms with Gasteiger partial charge >= 0.3 is 5.97 Å². The number of benzene rings is 2. The average Bonchev–Trinajstić information content (AvgIpc) is 3.38. The third kappa shape index (κ3) is 4.38. The normalized spacial score (nSPS) is 11.7. The number of para-hydroxylation sites is 1. The molecule has 0 aliphatic heterocycles. The van der Waals surface area contributed by atoms with Gasteiger partial charge in [0.2, 0.25) is 0 Å². The number of aryl methyl sites for hydroxylation is 1. The maximum absolute atomic E-state index is 12.8. The van der Waals surface area contributed by atoms with Crippen molar-refractivity contribution in [3.05, 3.63) is 70.6 Å². The third-order valence-corrected chi connectivity index (χ3v) is 6.07. The zero-order valence-electron chi connectivity index (χ0n) is 18.6. The van der Waals surface area contributed by atoms with E-state index < -0.39 is 11.9 Å². The number of aromatic nitrogens is 1. The molecule has 4 rings (SSSR count). The highest BCUT2D eigenvalue weighted by atomic mass is 32.1. The fourth-order valence-corrected chi connectivity index (χ4v) is 4.60.